The number of carbonyl (C=O) groups is 1. The number of carboxylic acid groups (broad SMARTS) is 1. The van der Waals surface area contributed by atoms with Crippen LogP contribution in [0.15, 0.2) is 23.1 Å². The van der Waals surface area contributed by atoms with E-state index in [1.165, 1.54) is 22.5 Å². The molecule has 23 heavy (non-hydrogen) atoms. The highest BCUT2D eigenvalue weighted by Crippen LogP contribution is 2.27. The Morgan fingerprint density at radius 2 is 1.78 bits per heavy atom. The van der Waals surface area contributed by atoms with Gasteiger partial charge in [-0.2, -0.15) is 4.31 Å². The van der Waals surface area contributed by atoms with Gasteiger partial charge in [0.25, 0.3) is 0 Å². The fourth-order valence-electron chi connectivity index (χ4n) is 2.69. The highest BCUT2D eigenvalue weighted by Gasteiger charge is 2.31. The number of likely N-dealkylation sites (N-methyl/N-ethyl adjacent to an activating group) is 1. The SMILES string of the molecule is CN(CC(=O)O)C1CCN(S(=O)(=O)c2cc(Cl)cc(Cl)c2)CC1. The maximum absolute atomic E-state index is 12.6. The minimum Gasteiger partial charge on any atom is -0.480 e. The first-order valence-electron chi connectivity index (χ1n) is 7.08. The first-order valence-corrected chi connectivity index (χ1v) is 9.28. The molecular weight excluding hydrogens is 363 g/mol. The molecular formula is C14H18Cl2N2O4S. The van der Waals surface area contributed by atoms with E-state index in [1.807, 2.05) is 0 Å². The van der Waals surface area contributed by atoms with Gasteiger partial charge in [0.15, 0.2) is 0 Å². The third-order valence-electron chi connectivity index (χ3n) is 3.91. The molecule has 0 aromatic heterocycles. The molecule has 0 spiro atoms. The van der Waals surface area contributed by atoms with Crippen LogP contribution >= 0.6 is 23.2 Å². The number of aliphatic carboxylic acids is 1. The molecule has 0 unspecified atom stereocenters. The summed E-state index contributed by atoms with van der Waals surface area (Å²) in [6.45, 7) is 0.615. The summed E-state index contributed by atoms with van der Waals surface area (Å²) < 4.78 is 26.7. The molecule has 6 nitrogen and oxygen atoms in total. The molecule has 1 aliphatic rings. The minimum atomic E-state index is -3.65. The average molecular weight is 381 g/mol. The molecule has 128 valence electrons. The van der Waals surface area contributed by atoms with Gasteiger partial charge in [0.2, 0.25) is 10.0 Å². The van der Waals surface area contributed by atoms with E-state index in [0.29, 0.717) is 25.9 Å². The highest BCUT2D eigenvalue weighted by atomic mass is 35.5. The van der Waals surface area contributed by atoms with Gasteiger partial charge in [0, 0.05) is 29.2 Å². The van der Waals surface area contributed by atoms with Crippen molar-refractivity contribution >= 4 is 39.2 Å². The largest absolute Gasteiger partial charge is 0.480 e. The number of hydrogen-bond donors (Lipinski definition) is 1. The molecule has 1 fully saturated rings. The van der Waals surface area contributed by atoms with Crippen LogP contribution in [-0.2, 0) is 14.8 Å². The van der Waals surface area contributed by atoms with Crippen molar-refractivity contribution in [2.24, 2.45) is 0 Å². The molecule has 1 aromatic rings. The van der Waals surface area contributed by atoms with Crippen molar-refractivity contribution in [1.82, 2.24) is 9.21 Å². The van der Waals surface area contributed by atoms with E-state index in [0.717, 1.165) is 0 Å². The third-order valence-corrected chi connectivity index (χ3v) is 6.22. The Bertz CT molecular complexity index is 668. The van der Waals surface area contributed by atoms with Gasteiger partial charge in [0.1, 0.15) is 0 Å². The number of nitrogens with zero attached hydrogens (tertiary/aromatic N) is 2. The van der Waals surface area contributed by atoms with Gasteiger partial charge in [-0.15, -0.1) is 0 Å². The van der Waals surface area contributed by atoms with Crippen LogP contribution in [0.2, 0.25) is 10.0 Å². The Kier molecular flexibility index (Phi) is 5.91. The summed E-state index contributed by atoms with van der Waals surface area (Å²) in [6, 6.07) is 4.30. The molecule has 1 heterocycles. The third kappa shape index (κ3) is 4.58. The molecule has 1 N–H and O–H groups in total. The molecule has 0 radical (unpaired) electrons. The fraction of sp³-hybridized carbons (Fsp3) is 0.500. The maximum Gasteiger partial charge on any atom is 0.317 e. The topological polar surface area (TPSA) is 77.9 Å². The number of hydrogen-bond acceptors (Lipinski definition) is 4. The summed E-state index contributed by atoms with van der Waals surface area (Å²) in [5.41, 5.74) is 0. The van der Waals surface area contributed by atoms with Crippen molar-refractivity contribution in [2.75, 3.05) is 26.7 Å². The van der Waals surface area contributed by atoms with Gasteiger partial charge in [-0.25, -0.2) is 8.42 Å². The Balaban J connectivity index is 2.08. The monoisotopic (exact) mass is 380 g/mol. The van der Waals surface area contributed by atoms with Crippen molar-refractivity contribution in [3.05, 3.63) is 28.2 Å². The number of rotatable bonds is 5. The molecule has 9 heteroatoms. The van der Waals surface area contributed by atoms with Gasteiger partial charge in [-0.1, -0.05) is 23.2 Å². The van der Waals surface area contributed by atoms with E-state index in [2.05, 4.69) is 0 Å². The van der Waals surface area contributed by atoms with Gasteiger partial charge in [-0.3, -0.25) is 9.69 Å². The molecule has 1 aliphatic heterocycles. The number of carboxylic acids is 1. The van der Waals surface area contributed by atoms with Gasteiger partial charge < -0.3 is 5.11 Å². The van der Waals surface area contributed by atoms with Crippen molar-refractivity contribution in [2.45, 2.75) is 23.8 Å². The van der Waals surface area contributed by atoms with Crippen LogP contribution in [0.4, 0.5) is 0 Å². The van der Waals surface area contributed by atoms with Crippen LogP contribution in [0.1, 0.15) is 12.8 Å². The lowest BCUT2D eigenvalue weighted by molar-refractivity contribution is -0.138. The Hall–Kier alpha value is -0.860. The zero-order valence-electron chi connectivity index (χ0n) is 12.6. The summed E-state index contributed by atoms with van der Waals surface area (Å²) in [7, 11) is -1.91. The lowest BCUT2D eigenvalue weighted by atomic mass is 10.1. The zero-order chi connectivity index (χ0) is 17.2. The van der Waals surface area contributed by atoms with Crippen LogP contribution in [0, 0.1) is 0 Å². The lowest BCUT2D eigenvalue weighted by Gasteiger charge is -2.35. The molecule has 1 saturated heterocycles. The van der Waals surface area contributed by atoms with Crippen LogP contribution in [0.25, 0.3) is 0 Å². The standard InChI is InChI=1S/C14H18Cl2N2O4S/c1-17(9-14(19)20)12-2-4-18(5-3-12)23(21,22)13-7-10(15)6-11(16)8-13/h6-8,12H,2-5,9H2,1H3,(H,19,20). The van der Waals surface area contributed by atoms with Crippen molar-refractivity contribution in [1.29, 1.82) is 0 Å². The van der Waals surface area contributed by atoms with E-state index >= 15 is 0 Å². The molecule has 0 aliphatic carbocycles. The predicted octanol–water partition coefficient (Wildman–Crippen LogP) is 2.16. The maximum atomic E-state index is 12.6. The fourth-order valence-corrected chi connectivity index (χ4v) is 4.89. The second-order valence-electron chi connectivity index (χ2n) is 5.55. The van der Waals surface area contributed by atoms with Gasteiger partial charge in [0.05, 0.1) is 11.4 Å². The van der Waals surface area contributed by atoms with Crippen LogP contribution in [0.3, 0.4) is 0 Å². The van der Waals surface area contributed by atoms with E-state index in [-0.39, 0.29) is 27.5 Å². The van der Waals surface area contributed by atoms with Crippen molar-refractivity contribution < 1.29 is 18.3 Å². The van der Waals surface area contributed by atoms with Crippen LogP contribution in [0.5, 0.6) is 0 Å². The Labute approximate surface area is 145 Å². The predicted molar refractivity (Wildman–Crippen MR) is 88.5 cm³/mol. The van der Waals surface area contributed by atoms with Crippen molar-refractivity contribution in [3.63, 3.8) is 0 Å². The number of halogens is 2. The van der Waals surface area contributed by atoms with E-state index in [1.54, 1.807) is 11.9 Å². The zero-order valence-corrected chi connectivity index (χ0v) is 14.9. The second kappa shape index (κ2) is 7.36. The van der Waals surface area contributed by atoms with Crippen LogP contribution < -0.4 is 0 Å². The number of piperidine rings is 1. The number of sulfonamides is 1. The molecule has 0 amide bonds. The van der Waals surface area contributed by atoms with E-state index < -0.39 is 16.0 Å². The average Bonchev–Trinajstić information content (AvgIpc) is 2.45. The number of benzene rings is 1. The Morgan fingerprint density at radius 1 is 1.26 bits per heavy atom. The van der Waals surface area contributed by atoms with Crippen LogP contribution in [-0.4, -0.2) is 61.4 Å². The van der Waals surface area contributed by atoms with Gasteiger partial charge >= 0.3 is 5.97 Å². The first kappa shape index (κ1) is 18.5. The van der Waals surface area contributed by atoms with E-state index in [4.69, 9.17) is 28.3 Å². The first-order chi connectivity index (χ1) is 10.7. The molecule has 1 aromatic carbocycles. The summed E-state index contributed by atoms with van der Waals surface area (Å²) in [5.74, 6) is -0.892. The Morgan fingerprint density at radius 3 is 2.26 bits per heavy atom. The smallest absolute Gasteiger partial charge is 0.317 e. The molecule has 0 bridgehead atoms. The van der Waals surface area contributed by atoms with Gasteiger partial charge in [-0.05, 0) is 38.1 Å². The van der Waals surface area contributed by atoms with Crippen molar-refractivity contribution in [3.8, 4) is 0 Å². The normalized spacial score (nSPS) is 17.6. The molecule has 2 rings (SSSR count). The quantitative estimate of drug-likeness (QED) is 0.846. The minimum absolute atomic E-state index is 0.0542. The summed E-state index contributed by atoms with van der Waals surface area (Å²) in [4.78, 5) is 12.6. The molecule has 0 saturated carbocycles. The molecule has 0 atom stereocenters. The van der Waals surface area contributed by atoms with E-state index in [9.17, 15) is 13.2 Å². The summed E-state index contributed by atoms with van der Waals surface area (Å²) >= 11 is 11.8. The lowest BCUT2D eigenvalue weighted by Crippen LogP contribution is -2.46. The second-order valence-corrected chi connectivity index (χ2v) is 8.36. The highest BCUT2D eigenvalue weighted by molar-refractivity contribution is 7.89. The summed E-state index contributed by atoms with van der Waals surface area (Å²) in [6.07, 6.45) is 1.16. The summed E-state index contributed by atoms with van der Waals surface area (Å²) in [5, 5.41) is 9.36.